The minimum absolute atomic E-state index is 0.483. The van der Waals surface area contributed by atoms with Crippen LogP contribution in [-0.2, 0) is 11.2 Å². The molecule has 2 unspecified atom stereocenters. The monoisotopic (exact) mass is 250 g/mol. The molecule has 1 saturated heterocycles. The number of hydrogen-bond acceptors (Lipinski definition) is 4. The molecule has 1 aliphatic heterocycles. The Balaban J connectivity index is 1.54. The zero-order chi connectivity index (χ0) is 12.4. The van der Waals surface area contributed by atoms with Gasteiger partial charge in [0, 0.05) is 38.1 Å². The van der Waals surface area contributed by atoms with Gasteiger partial charge in [0.25, 0.3) is 0 Å². The molecule has 1 saturated carbocycles. The summed E-state index contributed by atoms with van der Waals surface area (Å²) in [6, 6.07) is 0.759. The van der Waals surface area contributed by atoms with Crippen LogP contribution in [0.25, 0.3) is 0 Å². The maximum absolute atomic E-state index is 5.89. The summed E-state index contributed by atoms with van der Waals surface area (Å²) in [7, 11) is 0. The molecule has 0 spiro atoms. The number of hydrogen-bond donors (Lipinski definition) is 1. The Hall–Kier alpha value is -0.870. The topological polar surface area (TPSA) is 47.3 Å². The predicted octanol–water partition coefficient (Wildman–Crippen LogP) is 2.11. The Labute approximate surface area is 108 Å². The molecule has 2 heterocycles. The molecule has 3 rings (SSSR count). The number of aromatic nitrogens is 1. The second-order valence-electron chi connectivity index (χ2n) is 5.58. The molecule has 2 atom stereocenters. The number of nitrogens with one attached hydrogen (secondary N) is 1. The third kappa shape index (κ3) is 2.93. The summed E-state index contributed by atoms with van der Waals surface area (Å²) >= 11 is 0. The van der Waals surface area contributed by atoms with E-state index in [4.69, 9.17) is 9.15 Å². The number of ether oxygens (including phenoxy) is 1. The SMILES string of the molecule is CC1COCCC1c1cnc(CCNC2CC2)o1. The van der Waals surface area contributed by atoms with Gasteiger partial charge in [0.05, 0.1) is 6.20 Å². The summed E-state index contributed by atoms with van der Waals surface area (Å²) in [5, 5.41) is 3.48. The Morgan fingerprint density at radius 3 is 3.06 bits per heavy atom. The van der Waals surface area contributed by atoms with Gasteiger partial charge < -0.3 is 14.5 Å². The molecule has 0 aromatic carbocycles. The molecule has 1 N–H and O–H groups in total. The first kappa shape index (κ1) is 12.2. The van der Waals surface area contributed by atoms with Crippen LogP contribution in [0.15, 0.2) is 10.6 Å². The predicted molar refractivity (Wildman–Crippen MR) is 68.6 cm³/mol. The molecule has 0 amide bonds. The van der Waals surface area contributed by atoms with Crippen LogP contribution in [0.3, 0.4) is 0 Å². The highest BCUT2D eigenvalue weighted by atomic mass is 16.5. The number of oxazole rings is 1. The normalized spacial score (nSPS) is 28.5. The lowest BCUT2D eigenvalue weighted by atomic mass is 9.88. The van der Waals surface area contributed by atoms with Gasteiger partial charge in [0.15, 0.2) is 5.89 Å². The van der Waals surface area contributed by atoms with Crippen LogP contribution in [-0.4, -0.2) is 30.8 Å². The van der Waals surface area contributed by atoms with Crippen molar-refractivity contribution in [3.05, 3.63) is 17.8 Å². The standard InChI is InChI=1S/C14H22N2O2/c1-10-9-17-7-5-12(10)13-8-16-14(18-13)4-6-15-11-2-3-11/h8,10-12,15H,2-7,9H2,1H3. The Bertz CT molecular complexity index is 387. The van der Waals surface area contributed by atoms with Gasteiger partial charge in [0.1, 0.15) is 5.76 Å². The highest BCUT2D eigenvalue weighted by molar-refractivity contribution is 5.05. The van der Waals surface area contributed by atoms with E-state index >= 15 is 0 Å². The van der Waals surface area contributed by atoms with Gasteiger partial charge in [-0.05, 0) is 25.2 Å². The Morgan fingerprint density at radius 1 is 1.39 bits per heavy atom. The van der Waals surface area contributed by atoms with Gasteiger partial charge in [-0.15, -0.1) is 0 Å². The van der Waals surface area contributed by atoms with Crippen molar-refractivity contribution in [2.24, 2.45) is 5.92 Å². The third-order valence-electron chi connectivity index (χ3n) is 3.93. The van der Waals surface area contributed by atoms with Crippen molar-refractivity contribution in [2.45, 2.75) is 44.6 Å². The minimum atomic E-state index is 0.483. The molecule has 0 bridgehead atoms. The fourth-order valence-corrected chi connectivity index (χ4v) is 2.58. The van der Waals surface area contributed by atoms with Crippen LogP contribution in [0.1, 0.15) is 43.8 Å². The molecule has 1 aliphatic carbocycles. The lowest BCUT2D eigenvalue weighted by Gasteiger charge is -2.26. The van der Waals surface area contributed by atoms with Crippen molar-refractivity contribution >= 4 is 0 Å². The van der Waals surface area contributed by atoms with Crippen LogP contribution in [0.2, 0.25) is 0 Å². The molecular formula is C14H22N2O2. The summed E-state index contributed by atoms with van der Waals surface area (Å²) in [5.41, 5.74) is 0. The quantitative estimate of drug-likeness (QED) is 0.869. The van der Waals surface area contributed by atoms with Gasteiger partial charge >= 0.3 is 0 Å². The smallest absolute Gasteiger partial charge is 0.195 e. The molecule has 1 aromatic rings. The van der Waals surface area contributed by atoms with Crippen LogP contribution < -0.4 is 5.32 Å². The molecule has 2 fully saturated rings. The number of nitrogens with zero attached hydrogens (tertiary/aromatic N) is 1. The average molecular weight is 250 g/mol. The van der Waals surface area contributed by atoms with Crippen LogP contribution in [0.4, 0.5) is 0 Å². The van der Waals surface area contributed by atoms with Crippen molar-refractivity contribution in [3.63, 3.8) is 0 Å². The van der Waals surface area contributed by atoms with Crippen molar-refractivity contribution < 1.29 is 9.15 Å². The highest BCUT2D eigenvalue weighted by Gasteiger charge is 2.26. The minimum Gasteiger partial charge on any atom is -0.445 e. The van der Waals surface area contributed by atoms with E-state index in [1.807, 2.05) is 6.20 Å². The molecule has 2 aliphatic rings. The lowest BCUT2D eigenvalue weighted by molar-refractivity contribution is 0.0418. The van der Waals surface area contributed by atoms with Crippen LogP contribution >= 0.6 is 0 Å². The Morgan fingerprint density at radius 2 is 2.28 bits per heavy atom. The van der Waals surface area contributed by atoms with Crippen molar-refractivity contribution in [1.82, 2.24) is 10.3 Å². The molecule has 4 nitrogen and oxygen atoms in total. The molecule has 18 heavy (non-hydrogen) atoms. The van der Waals surface area contributed by atoms with E-state index in [0.717, 1.165) is 50.3 Å². The fourth-order valence-electron chi connectivity index (χ4n) is 2.58. The average Bonchev–Trinajstić information content (AvgIpc) is 3.08. The largest absolute Gasteiger partial charge is 0.445 e. The van der Waals surface area contributed by atoms with E-state index in [1.54, 1.807) is 0 Å². The van der Waals surface area contributed by atoms with E-state index in [2.05, 4.69) is 17.2 Å². The maximum Gasteiger partial charge on any atom is 0.195 e. The fraction of sp³-hybridized carbons (Fsp3) is 0.786. The van der Waals surface area contributed by atoms with E-state index in [9.17, 15) is 0 Å². The first-order valence-corrected chi connectivity index (χ1v) is 7.08. The summed E-state index contributed by atoms with van der Waals surface area (Å²) in [6.45, 7) is 4.88. The Kier molecular flexibility index (Phi) is 3.66. The second-order valence-corrected chi connectivity index (χ2v) is 5.58. The van der Waals surface area contributed by atoms with E-state index in [-0.39, 0.29) is 0 Å². The van der Waals surface area contributed by atoms with Crippen LogP contribution in [0, 0.1) is 5.92 Å². The molecule has 100 valence electrons. The first-order valence-electron chi connectivity index (χ1n) is 7.08. The van der Waals surface area contributed by atoms with Gasteiger partial charge in [0.2, 0.25) is 0 Å². The summed E-state index contributed by atoms with van der Waals surface area (Å²) < 4.78 is 11.4. The van der Waals surface area contributed by atoms with E-state index < -0.39 is 0 Å². The van der Waals surface area contributed by atoms with E-state index in [1.165, 1.54) is 12.8 Å². The summed E-state index contributed by atoms with van der Waals surface area (Å²) in [6.07, 6.45) is 6.52. The zero-order valence-electron chi connectivity index (χ0n) is 11.0. The lowest BCUT2D eigenvalue weighted by Crippen LogP contribution is -2.23. The van der Waals surface area contributed by atoms with Gasteiger partial charge in [-0.1, -0.05) is 6.92 Å². The van der Waals surface area contributed by atoms with Crippen molar-refractivity contribution in [2.75, 3.05) is 19.8 Å². The second kappa shape index (κ2) is 5.41. The maximum atomic E-state index is 5.89. The third-order valence-corrected chi connectivity index (χ3v) is 3.93. The molecule has 4 heteroatoms. The first-order chi connectivity index (χ1) is 8.83. The van der Waals surface area contributed by atoms with Gasteiger partial charge in [-0.3, -0.25) is 0 Å². The highest BCUT2D eigenvalue weighted by Crippen LogP contribution is 2.32. The summed E-state index contributed by atoms with van der Waals surface area (Å²) in [4.78, 5) is 4.40. The molecular weight excluding hydrogens is 228 g/mol. The number of rotatable bonds is 5. The zero-order valence-corrected chi connectivity index (χ0v) is 11.0. The van der Waals surface area contributed by atoms with Gasteiger partial charge in [-0.25, -0.2) is 4.98 Å². The van der Waals surface area contributed by atoms with Crippen LogP contribution in [0.5, 0.6) is 0 Å². The van der Waals surface area contributed by atoms with Gasteiger partial charge in [-0.2, -0.15) is 0 Å². The summed E-state index contributed by atoms with van der Waals surface area (Å²) in [5.74, 6) is 2.93. The van der Waals surface area contributed by atoms with Crippen molar-refractivity contribution in [1.29, 1.82) is 0 Å². The van der Waals surface area contributed by atoms with E-state index in [0.29, 0.717) is 11.8 Å². The molecule has 0 radical (unpaired) electrons. The molecule has 1 aromatic heterocycles. The van der Waals surface area contributed by atoms with Crippen molar-refractivity contribution in [3.8, 4) is 0 Å².